The van der Waals surface area contributed by atoms with Gasteiger partial charge in [-0.3, -0.25) is 0 Å². The molecule has 0 saturated carbocycles. The summed E-state index contributed by atoms with van der Waals surface area (Å²) in [6.07, 6.45) is 8.87. The summed E-state index contributed by atoms with van der Waals surface area (Å²) in [6, 6.07) is 7.32. The number of isocyanates is 4. The van der Waals surface area contributed by atoms with Crippen molar-refractivity contribution >= 4 is 24.3 Å². The summed E-state index contributed by atoms with van der Waals surface area (Å²) < 4.78 is 0. The van der Waals surface area contributed by atoms with Crippen LogP contribution in [0.4, 0.5) is 0 Å². The van der Waals surface area contributed by atoms with Gasteiger partial charge in [-0.05, 0) is 43.7 Å². The third kappa shape index (κ3) is 12.7. The molecule has 0 radical (unpaired) electrons. The maximum atomic E-state index is 10.2. The monoisotopic (exact) mass is 398 g/mol. The second-order valence-electron chi connectivity index (χ2n) is 6.86. The van der Waals surface area contributed by atoms with Gasteiger partial charge in [0.25, 0.3) is 0 Å². The zero-order valence-corrected chi connectivity index (χ0v) is 17.1. The maximum Gasteiger partial charge on any atom is 0.235 e. The topological polar surface area (TPSA) is 118 Å². The van der Waals surface area contributed by atoms with E-state index in [2.05, 4.69) is 26.9 Å². The second kappa shape index (κ2) is 15.8. The Morgan fingerprint density at radius 2 is 1.28 bits per heavy atom. The van der Waals surface area contributed by atoms with E-state index in [1.807, 2.05) is 38.1 Å². The second-order valence-corrected chi connectivity index (χ2v) is 6.86. The van der Waals surface area contributed by atoms with Crippen molar-refractivity contribution in [3.05, 3.63) is 35.4 Å². The maximum absolute atomic E-state index is 10.2. The van der Waals surface area contributed by atoms with Crippen molar-refractivity contribution in [2.75, 3.05) is 6.54 Å². The highest BCUT2D eigenvalue weighted by Crippen LogP contribution is 2.25. The molecule has 0 aromatic heterocycles. The highest BCUT2D eigenvalue weighted by atomic mass is 16.1. The third-order valence-electron chi connectivity index (χ3n) is 4.44. The Balaban J connectivity index is 0.000000541. The quantitative estimate of drug-likeness (QED) is 0.321. The summed E-state index contributed by atoms with van der Waals surface area (Å²) in [4.78, 5) is 53.8. The SMILES string of the molecule is CC(CCCCN=C=O)C(C)(C)N=C=O.O=C=NCc1ccc(CN=C=O)cc1. The molecule has 8 nitrogen and oxygen atoms in total. The van der Waals surface area contributed by atoms with Crippen molar-refractivity contribution in [3.63, 3.8) is 0 Å². The van der Waals surface area contributed by atoms with Gasteiger partial charge in [0.05, 0.1) is 25.2 Å². The van der Waals surface area contributed by atoms with Crippen LogP contribution in [-0.2, 0) is 32.3 Å². The van der Waals surface area contributed by atoms with Crippen molar-refractivity contribution in [1.29, 1.82) is 0 Å². The van der Waals surface area contributed by atoms with Gasteiger partial charge < -0.3 is 0 Å². The molecule has 0 aliphatic rings. The minimum atomic E-state index is -0.352. The molecule has 154 valence electrons. The Morgan fingerprint density at radius 3 is 1.69 bits per heavy atom. The van der Waals surface area contributed by atoms with E-state index in [1.165, 1.54) is 18.2 Å². The van der Waals surface area contributed by atoms with Gasteiger partial charge in [-0.2, -0.15) is 4.99 Å². The number of carbonyl (C=O) groups excluding carboxylic acids is 4. The normalized spacial score (nSPS) is 10.6. The number of rotatable bonds is 11. The largest absolute Gasteiger partial charge is 0.235 e. The third-order valence-corrected chi connectivity index (χ3v) is 4.44. The first-order chi connectivity index (χ1) is 13.9. The van der Waals surface area contributed by atoms with Crippen LogP contribution in [0.3, 0.4) is 0 Å². The molecule has 0 bridgehead atoms. The number of benzene rings is 1. The first-order valence-electron chi connectivity index (χ1n) is 9.19. The van der Waals surface area contributed by atoms with E-state index in [-0.39, 0.29) is 5.54 Å². The van der Waals surface area contributed by atoms with Crippen molar-refractivity contribution in [3.8, 4) is 0 Å². The molecule has 0 heterocycles. The smallest absolute Gasteiger partial charge is 0.211 e. The molecule has 0 amide bonds. The minimum Gasteiger partial charge on any atom is -0.211 e. The van der Waals surface area contributed by atoms with Crippen LogP contribution in [0.5, 0.6) is 0 Å². The molecule has 0 aliphatic heterocycles. The Labute approximate surface area is 170 Å². The molecule has 0 aliphatic carbocycles. The van der Waals surface area contributed by atoms with Crippen molar-refractivity contribution in [2.45, 2.75) is 58.7 Å². The molecule has 1 aromatic rings. The fourth-order valence-electron chi connectivity index (χ4n) is 2.27. The van der Waals surface area contributed by atoms with Crippen LogP contribution >= 0.6 is 0 Å². The van der Waals surface area contributed by atoms with E-state index >= 15 is 0 Å². The molecule has 0 fully saturated rings. The number of hydrogen-bond donors (Lipinski definition) is 0. The predicted molar refractivity (Wildman–Crippen MR) is 108 cm³/mol. The van der Waals surface area contributed by atoms with E-state index < -0.39 is 0 Å². The average molecular weight is 398 g/mol. The first kappa shape index (κ1) is 25.7. The molecule has 0 spiro atoms. The molecule has 0 N–H and O–H groups in total. The highest BCUT2D eigenvalue weighted by molar-refractivity contribution is 5.35. The van der Waals surface area contributed by atoms with Gasteiger partial charge in [0.2, 0.25) is 24.3 Å². The number of aliphatic imine (C=N–C) groups is 4. The summed E-state index contributed by atoms with van der Waals surface area (Å²) in [5, 5.41) is 0. The van der Waals surface area contributed by atoms with Gasteiger partial charge in [0.15, 0.2) is 0 Å². The first-order valence-corrected chi connectivity index (χ1v) is 9.19. The van der Waals surface area contributed by atoms with Crippen LogP contribution in [0.2, 0.25) is 0 Å². The van der Waals surface area contributed by atoms with E-state index in [0.717, 1.165) is 30.4 Å². The lowest BCUT2D eigenvalue weighted by molar-refractivity contribution is 0.320. The van der Waals surface area contributed by atoms with Gasteiger partial charge in [0, 0.05) is 0 Å². The van der Waals surface area contributed by atoms with Crippen LogP contribution in [0.1, 0.15) is 51.2 Å². The summed E-state index contributed by atoms with van der Waals surface area (Å²) >= 11 is 0. The number of hydrogen-bond acceptors (Lipinski definition) is 8. The fraction of sp³-hybridized carbons (Fsp3) is 0.524. The molecule has 29 heavy (non-hydrogen) atoms. The summed E-state index contributed by atoms with van der Waals surface area (Å²) in [5.74, 6) is 0.319. The Bertz CT molecular complexity index is 755. The van der Waals surface area contributed by atoms with E-state index in [4.69, 9.17) is 0 Å². The van der Waals surface area contributed by atoms with Crippen LogP contribution in [0.15, 0.2) is 44.2 Å². The zero-order valence-electron chi connectivity index (χ0n) is 17.1. The molecule has 1 atom stereocenters. The molecule has 1 unspecified atom stereocenters. The van der Waals surface area contributed by atoms with Crippen LogP contribution < -0.4 is 0 Å². The lowest BCUT2D eigenvalue weighted by atomic mass is 9.86. The van der Waals surface area contributed by atoms with Crippen molar-refractivity contribution in [2.24, 2.45) is 25.9 Å². The van der Waals surface area contributed by atoms with Gasteiger partial charge in [0.1, 0.15) is 0 Å². The molecule has 1 aromatic carbocycles. The molecule has 0 saturated heterocycles. The Hall–Kier alpha value is -3.26. The van der Waals surface area contributed by atoms with Crippen molar-refractivity contribution < 1.29 is 19.2 Å². The minimum absolute atomic E-state index is 0.319. The lowest BCUT2D eigenvalue weighted by Gasteiger charge is -2.25. The number of unbranched alkanes of at least 4 members (excludes halogenated alkanes) is 1. The highest BCUT2D eigenvalue weighted by Gasteiger charge is 2.24. The molecule has 8 heteroatoms. The van der Waals surface area contributed by atoms with Crippen LogP contribution in [-0.4, -0.2) is 36.4 Å². The van der Waals surface area contributed by atoms with Gasteiger partial charge >= 0.3 is 0 Å². The zero-order chi connectivity index (χ0) is 22.0. The van der Waals surface area contributed by atoms with Gasteiger partial charge in [-0.25, -0.2) is 34.2 Å². The van der Waals surface area contributed by atoms with E-state index in [9.17, 15) is 19.2 Å². The molecular formula is C21H26N4O4. The molecule has 1 rings (SSSR count). The summed E-state index contributed by atoms with van der Waals surface area (Å²) in [5.41, 5.74) is 1.50. The van der Waals surface area contributed by atoms with Crippen LogP contribution in [0, 0.1) is 5.92 Å². The Morgan fingerprint density at radius 1 is 0.793 bits per heavy atom. The summed E-state index contributed by atoms with van der Waals surface area (Å²) in [7, 11) is 0. The van der Waals surface area contributed by atoms with E-state index in [1.54, 1.807) is 6.08 Å². The Kier molecular flexibility index (Phi) is 14.0. The standard InChI is InChI=1S/C11H18N2O2.C10H8N2O2/c1-10(11(2,3)13-9-15)6-4-5-7-12-8-14;13-7-11-5-9-1-2-10(4-3-9)6-12-8-14/h10H,4-7H2,1-3H3;1-4H,5-6H2. The lowest BCUT2D eigenvalue weighted by Crippen LogP contribution is -2.26. The average Bonchev–Trinajstić information content (AvgIpc) is 2.71. The van der Waals surface area contributed by atoms with Crippen molar-refractivity contribution in [1.82, 2.24) is 0 Å². The predicted octanol–water partition coefficient (Wildman–Crippen LogP) is 3.60. The summed E-state index contributed by atoms with van der Waals surface area (Å²) in [6.45, 7) is 7.11. The van der Waals surface area contributed by atoms with E-state index in [0.29, 0.717) is 25.6 Å². The van der Waals surface area contributed by atoms with Gasteiger partial charge in [-0.15, -0.1) is 0 Å². The van der Waals surface area contributed by atoms with Gasteiger partial charge in [-0.1, -0.05) is 37.6 Å². The fourth-order valence-corrected chi connectivity index (χ4v) is 2.27. The number of nitrogens with zero attached hydrogens (tertiary/aromatic N) is 4. The van der Waals surface area contributed by atoms with Crippen LogP contribution in [0.25, 0.3) is 0 Å². The molecular weight excluding hydrogens is 372 g/mol.